The number of fused-ring (bicyclic) bond motifs is 1. The van der Waals surface area contributed by atoms with Gasteiger partial charge in [0, 0.05) is 23.2 Å². The van der Waals surface area contributed by atoms with Crippen LogP contribution in [0.2, 0.25) is 0 Å². The summed E-state index contributed by atoms with van der Waals surface area (Å²) in [5.41, 5.74) is 1.84. The van der Waals surface area contributed by atoms with E-state index in [1.54, 1.807) is 0 Å². The van der Waals surface area contributed by atoms with Crippen molar-refractivity contribution in [2.75, 3.05) is 19.5 Å². The molecule has 1 aromatic carbocycles. The number of thioether (sulfide) groups is 1. The van der Waals surface area contributed by atoms with Crippen LogP contribution in [0.3, 0.4) is 0 Å². The van der Waals surface area contributed by atoms with Gasteiger partial charge in [-0.25, -0.2) is 0 Å². The first-order valence-corrected chi connectivity index (χ1v) is 8.41. The minimum Gasteiger partial charge on any atom is -0.348 e. The topological polar surface area (TPSA) is 18.5 Å². The highest BCUT2D eigenvalue weighted by Crippen LogP contribution is 2.65. The summed E-state index contributed by atoms with van der Waals surface area (Å²) in [4.78, 5) is 1.37. The summed E-state index contributed by atoms with van der Waals surface area (Å²) in [6.07, 6.45) is 6.86. The molecule has 1 aliphatic heterocycles. The molecule has 3 aliphatic rings. The van der Waals surface area contributed by atoms with Gasteiger partial charge in [0.05, 0.1) is 13.2 Å². The molecule has 0 radical (unpaired) electrons. The highest BCUT2D eigenvalue weighted by molar-refractivity contribution is 7.98. The van der Waals surface area contributed by atoms with Crippen LogP contribution in [0.1, 0.15) is 31.2 Å². The smallest absolute Gasteiger partial charge is 0.169 e. The molecule has 1 spiro atoms. The van der Waals surface area contributed by atoms with Gasteiger partial charge in [-0.2, -0.15) is 0 Å². The van der Waals surface area contributed by atoms with Crippen molar-refractivity contribution in [3.05, 3.63) is 29.8 Å². The molecule has 0 aromatic heterocycles. The fraction of sp³-hybridized carbons (Fsp3) is 0.625. The van der Waals surface area contributed by atoms with E-state index < -0.39 is 0 Å². The molecule has 2 atom stereocenters. The van der Waals surface area contributed by atoms with Crippen molar-refractivity contribution < 1.29 is 9.47 Å². The van der Waals surface area contributed by atoms with Gasteiger partial charge in [0.2, 0.25) is 0 Å². The second-order valence-electron chi connectivity index (χ2n) is 6.11. The van der Waals surface area contributed by atoms with Crippen LogP contribution in [0.4, 0.5) is 0 Å². The highest BCUT2D eigenvalue weighted by Gasteiger charge is 2.63. The maximum Gasteiger partial charge on any atom is 0.169 e. The van der Waals surface area contributed by atoms with Crippen LogP contribution in [0.15, 0.2) is 29.2 Å². The molecule has 3 heteroatoms. The third-order valence-electron chi connectivity index (χ3n) is 5.15. The average molecular weight is 276 g/mol. The Labute approximate surface area is 118 Å². The van der Waals surface area contributed by atoms with E-state index in [-0.39, 0.29) is 5.79 Å². The third-order valence-corrected chi connectivity index (χ3v) is 5.87. The van der Waals surface area contributed by atoms with E-state index >= 15 is 0 Å². The third kappa shape index (κ3) is 1.86. The highest BCUT2D eigenvalue weighted by atomic mass is 32.2. The van der Waals surface area contributed by atoms with Crippen molar-refractivity contribution in [3.8, 4) is 0 Å². The van der Waals surface area contributed by atoms with Gasteiger partial charge >= 0.3 is 0 Å². The molecule has 19 heavy (non-hydrogen) atoms. The largest absolute Gasteiger partial charge is 0.348 e. The van der Waals surface area contributed by atoms with E-state index in [0.29, 0.717) is 5.41 Å². The maximum atomic E-state index is 5.95. The van der Waals surface area contributed by atoms with Gasteiger partial charge < -0.3 is 9.47 Å². The second kappa shape index (κ2) is 4.24. The predicted molar refractivity (Wildman–Crippen MR) is 76.5 cm³/mol. The first-order chi connectivity index (χ1) is 9.26. The molecule has 1 saturated heterocycles. The Hall–Kier alpha value is -0.510. The zero-order valence-corrected chi connectivity index (χ0v) is 12.2. The molecule has 0 amide bonds. The number of hydrogen-bond donors (Lipinski definition) is 0. The normalized spacial score (nSPS) is 35.3. The lowest BCUT2D eigenvalue weighted by molar-refractivity contribution is -0.182. The Bertz CT molecular complexity index is 495. The van der Waals surface area contributed by atoms with E-state index in [4.69, 9.17) is 9.47 Å². The lowest BCUT2D eigenvalue weighted by Crippen LogP contribution is -2.39. The van der Waals surface area contributed by atoms with Crippen molar-refractivity contribution in [2.45, 2.75) is 41.8 Å². The quantitative estimate of drug-likeness (QED) is 0.769. The first-order valence-electron chi connectivity index (χ1n) is 7.19. The van der Waals surface area contributed by atoms with E-state index in [0.717, 1.165) is 32.0 Å². The van der Waals surface area contributed by atoms with Crippen LogP contribution in [-0.2, 0) is 14.9 Å². The average Bonchev–Trinajstić information content (AvgIpc) is 3.02. The summed E-state index contributed by atoms with van der Waals surface area (Å²) in [7, 11) is 0. The van der Waals surface area contributed by atoms with Crippen molar-refractivity contribution in [3.63, 3.8) is 0 Å². The van der Waals surface area contributed by atoms with Gasteiger partial charge in [0.25, 0.3) is 0 Å². The van der Waals surface area contributed by atoms with Gasteiger partial charge in [-0.05, 0) is 42.7 Å². The molecular weight excluding hydrogens is 256 g/mol. The number of hydrogen-bond acceptors (Lipinski definition) is 3. The van der Waals surface area contributed by atoms with Gasteiger partial charge in [-0.15, -0.1) is 11.8 Å². The van der Waals surface area contributed by atoms with Crippen LogP contribution in [0.25, 0.3) is 0 Å². The molecule has 2 nitrogen and oxygen atoms in total. The molecule has 0 bridgehead atoms. The van der Waals surface area contributed by atoms with E-state index in [1.807, 2.05) is 11.8 Å². The van der Waals surface area contributed by atoms with E-state index in [2.05, 4.69) is 30.5 Å². The Morgan fingerprint density at radius 3 is 2.89 bits per heavy atom. The summed E-state index contributed by atoms with van der Waals surface area (Å²) >= 11 is 1.83. The molecule has 2 aliphatic carbocycles. The lowest BCUT2D eigenvalue weighted by Gasteiger charge is -2.36. The Balaban J connectivity index is 1.66. The van der Waals surface area contributed by atoms with Crippen LogP contribution in [0, 0.1) is 5.92 Å². The van der Waals surface area contributed by atoms with E-state index in [1.165, 1.54) is 23.3 Å². The Morgan fingerprint density at radius 2 is 2.11 bits per heavy atom. The summed E-state index contributed by atoms with van der Waals surface area (Å²) in [6.45, 7) is 1.54. The van der Waals surface area contributed by atoms with Crippen molar-refractivity contribution in [1.29, 1.82) is 0 Å². The van der Waals surface area contributed by atoms with Crippen molar-refractivity contribution in [1.82, 2.24) is 0 Å². The summed E-state index contributed by atoms with van der Waals surface area (Å²) < 4.78 is 11.9. The van der Waals surface area contributed by atoms with Gasteiger partial charge in [-0.3, -0.25) is 0 Å². The van der Waals surface area contributed by atoms with Crippen molar-refractivity contribution >= 4 is 11.8 Å². The molecular formula is C16H20O2S. The zero-order valence-electron chi connectivity index (χ0n) is 11.4. The van der Waals surface area contributed by atoms with Crippen LogP contribution < -0.4 is 0 Å². The monoisotopic (exact) mass is 276 g/mol. The lowest BCUT2D eigenvalue weighted by atomic mass is 9.79. The maximum absolute atomic E-state index is 5.95. The fourth-order valence-corrected chi connectivity index (χ4v) is 4.53. The second-order valence-corrected chi connectivity index (χ2v) is 6.99. The summed E-state index contributed by atoms with van der Waals surface area (Å²) in [5, 5.41) is 0. The standard InChI is InChI=1S/C16H20O2S/c1-19-14-4-2-3-12(9-14)15-10-13(15)5-6-16(11-15)17-7-8-18-16/h2-4,9,13H,5-8,10-11H2,1H3. The van der Waals surface area contributed by atoms with Gasteiger partial charge in [-0.1, -0.05) is 12.1 Å². The van der Waals surface area contributed by atoms with Crippen molar-refractivity contribution in [2.24, 2.45) is 5.92 Å². The first kappa shape index (κ1) is 12.2. The molecule has 1 heterocycles. The summed E-state index contributed by atoms with van der Waals surface area (Å²) in [5.74, 6) is 0.588. The van der Waals surface area contributed by atoms with E-state index in [9.17, 15) is 0 Å². The van der Waals surface area contributed by atoms with Crippen LogP contribution in [-0.4, -0.2) is 25.3 Å². The summed E-state index contributed by atoms with van der Waals surface area (Å²) in [6, 6.07) is 9.07. The molecule has 1 aromatic rings. The van der Waals surface area contributed by atoms with Crippen LogP contribution in [0.5, 0.6) is 0 Å². The SMILES string of the molecule is CSc1cccc(C23CC2CCC2(C3)OCCO2)c1. The number of benzene rings is 1. The molecule has 2 saturated carbocycles. The number of ether oxygens (including phenoxy) is 2. The Morgan fingerprint density at radius 1 is 1.26 bits per heavy atom. The molecule has 102 valence electrons. The van der Waals surface area contributed by atoms with Crippen LogP contribution >= 0.6 is 11.8 Å². The minimum atomic E-state index is -0.262. The predicted octanol–water partition coefficient (Wildman–Crippen LogP) is 3.59. The fourth-order valence-electron chi connectivity index (χ4n) is 4.07. The van der Waals surface area contributed by atoms with Gasteiger partial charge in [0.1, 0.15) is 0 Å². The minimum absolute atomic E-state index is 0.262. The number of rotatable bonds is 2. The molecule has 3 fully saturated rings. The molecule has 0 N–H and O–H groups in total. The van der Waals surface area contributed by atoms with Gasteiger partial charge in [0.15, 0.2) is 5.79 Å². The molecule has 4 rings (SSSR count). The zero-order chi connectivity index (χ0) is 12.9. The Kier molecular flexibility index (Phi) is 2.73. The molecule has 2 unspecified atom stereocenters.